The summed E-state index contributed by atoms with van der Waals surface area (Å²) in [4.78, 5) is 0. The lowest BCUT2D eigenvalue weighted by molar-refractivity contribution is 0.299. The fourth-order valence-corrected chi connectivity index (χ4v) is 1.59. The molecule has 0 saturated heterocycles. The molecule has 96 valence electrons. The number of benzene rings is 1. The van der Waals surface area contributed by atoms with Crippen LogP contribution in [0.5, 0.6) is 5.75 Å². The van der Waals surface area contributed by atoms with E-state index in [0.717, 1.165) is 31.7 Å². The Kier molecular flexibility index (Phi) is 5.49. The Morgan fingerprint density at radius 2 is 1.82 bits per heavy atom. The SMILES string of the molecule is Cc1ccccc1OCCCCNC(C)(C)C. The van der Waals surface area contributed by atoms with Gasteiger partial charge in [-0.05, 0) is 58.7 Å². The molecule has 0 spiro atoms. The van der Waals surface area contributed by atoms with E-state index >= 15 is 0 Å². The molecule has 0 amide bonds. The number of unbranched alkanes of at least 4 members (excludes halogenated alkanes) is 1. The zero-order valence-electron chi connectivity index (χ0n) is 11.5. The standard InChI is InChI=1S/C15H25NO/c1-13-9-5-6-10-14(13)17-12-8-7-11-16-15(2,3)4/h5-6,9-10,16H,7-8,11-12H2,1-4H3. The third-order valence-electron chi connectivity index (χ3n) is 2.58. The van der Waals surface area contributed by atoms with Crippen molar-refractivity contribution in [2.24, 2.45) is 0 Å². The van der Waals surface area contributed by atoms with Gasteiger partial charge in [-0.1, -0.05) is 18.2 Å². The maximum Gasteiger partial charge on any atom is 0.122 e. The van der Waals surface area contributed by atoms with Crippen LogP contribution in [0.25, 0.3) is 0 Å². The Hall–Kier alpha value is -1.02. The molecule has 2 nitrogen and oxygen atoms in total. The summed E-state index contributed by atoms with van der Waals surface area (Å²) in [5.74, 6) is 1.01. The third kappa shape index (κ3) is 6.32. The van der Waals surface area contributed by atoms with E-state index < -0.39 is 0 Å². The van der Waals surface area contributed by atoms with E-state index in [1.165, 1.54) is 5.56 Å². The zero-order valence-corrected chi connectivity index (χ0v) is 11.5. The predicted molar refractivity (Wildman–Crippen MR) is 73.7 cm³/mol. The molecule has 0 heterocycles. The van der Waals surface area contributed by atoms with Crippen molar-refractivity contribution in [3.8, 4) is 5.75 Å². The Morgan fingerprint density at radius 3 is 2.47 bits per heavy atom. The largest absolute Gasteiger partial charge is 0.493 e. The van der Waals surface area contributed by atoms with E-state index in [1.807, 2.05) is 18.2 Å². The van der Waals surface area contributed by atoms with Crippen LogP contribution in [0.1, 0.15) is 39.2 Å². The first-order valence-corrected chi connectivity index (χ1v) is 6.42. The quantitative estimate of drug-likeness (QED) is 0.761. The second-order valence-corrected chi connectivity index (χ2v) is 5.50. The summed E-state index contributed by atoms with van der Waals surface area (Å²) in [6.45, 7) is 10.5. The molecule has 0 aliphatic heterocycles. The molecular formula is C15H25NO. The highest BCUT2D eigenvalue weighted by atomic mass is 16.5. The van der Waals surface area contributed by atoms with Crippen molar-refractivity contribution >= 4 is 0 Å². The highest BCUT2D eigenvalue weighted by Gasteiger charge is 2.06. The first-order valence-electron chi connectivity index (χ1n) is 6.42. The van der Waals surface area contributed by atoms with Crippen molar-refractivity contribution in [2.75, 3.05) is 13.2 Å². The van der Waals surface area contributed by atoms with Crippen LogP contribution in [0.3, 0.4) is 0 Å². The van der Waals surface area contributed by atoms with Gasteiger partial charge >= 0.3 is 0 Å². The van der Waals surface area contributed by atoms with E-state index in [1.54, 1.807) is 0 Å². The molecule has 0 fully saturated rings. The second kappa shape index (κ2) is 6.65. The molecule has 0 aliphatic rings. The van der Waals surface area contributed by atoms with Gasteiger partial charge in [-0.25, -0.2) is 0 Å². The molecule has 0 aromatic heterocycles. The van der Waals surface area contributed by atoms with Gasteiger partial charge in [-0.2, -0.15) is 0 Å². The number of rotatable bonds is 6. The third-order valence-corrected chi connectivity index (χ3v) is 2.58. The first-order chi connectivity index (χ1) is 7.99. The van der Waals surface area contributed by atoms with Gasteiger partial charge in [0, 0.05) is 5.54 Å². The van der Waals surface area contributed by atoms with Crippen LogP contribution in [-0.2, 0) is 0 Å². The minimum atomic E-state index is 0.219. The lowest BCUT2D eigenvalue weighted by Crippen LogP contribution is -2.36. The van der Waals surface area contributed by atoms with Crippen LogP contribution in [-0.4, -0.2) is 18.7 Å². The Labute approximate surface area is 105 Å². The van der Waals surface area contributed by atoms with Crippen LogP contribution < -0.4 is 10.1 Å². The van der Waals surface area contributed by atoms with E-state index in [2.05, 4.69) is 39.1 Å². The normalized spacial score (nSPS) is 11.5. The van der Waals surface area contributed by atoms with Crippen molar-refractivity contribution in [1.29, 1.82) is 0 Å². The number of nitrogens with one attached hydrogen (secondary N) is 1. The predicted octanol–water partition coefficient (Wildman–Crippen LogP) is 3.54. The van der Waals surface area contributed by atoms with E-state index in [-0.39, 0.29) is 5.54 Å². The van der Waals surface area contributed by atoms with Gasteiger partial charge in [0.2, 0.25) is 0 Å². The smallest absolute Gasteiger partial charge is 0.122 e. The number of hydrogen-bond donors (Lipinski definition) is 1. The van der Waals surface area contributed by atoms with Gasteiger partial charge in [0.05, 0.1) is 6.61 Å². The molecular weight excluding hydrogens is 210 g/mol. The van der Waals surface area contributed by atoms with Crippen LogP contribution in [0.4, 0.5) is 0 Å². The summed E-state index contributed by atoms with van der Waals surface area (Å²) >= 11 is 0. The van der Waals surface area contributed by atoms with Crippen molar-refractivity contribution < 1.29 is 4.74 Å². The average molecular weight is 235 g/mol. The first kappa shape index (κ1) is 14.0. The van der Waals surface area contributed by atoms with Crippen LogP contribution in [0, 0.1) is 6.92 Å². The molecule has 1 aromatic carbocycles. The van der Waals surface area contributed by atoms with Gasteiger partial charge in [-0.15, -0.1) is 0 Å². The zero-order chi connectivity index (χ0) is 12.7. The van der Waals surface area contributed by atoms with Crippen LogP contribution in [0.15, 0.2) is 24.3 Å². The molecule has 0 radical (unpaired) electrons. The van der Waals surface area contributed by atoms with Crippen LogP contribution in [0.2, 0.25) is 0 Å². The lowest BCUT2D eigenvalue weighted by Gasteiger charge is -2.20. The average Bonchev–Trinajstić information content (AvgIpc) is 2.24. The number of hydrogen-bond acceptors (Lipinski definition) is 2. The van der Waals surface area contributed by atoms with E-state index in [4.69, 9.17) is 4.74 Å². The Morgan fingerprint density at radius 1 is 1.12 bits per heavy atom. The van der Waals surface area contributed by atoms with Gasteiger partial charge in [0.25, 0.3) is 0 Å². The molecule has 17 heavy (non-hydrogen) atoms. The van der Waals surface area contributed by atoms with Crippen molar-refractivity contribution in [3.63, 3.8) is 0 Å². The number of para-hydroxylation sites is 1. The summed E-state index contributed by atoms with van der Waals surface area (Å²) in [5, 5.41) is 3.48. The summed E-state index contributed by atoms with van der Waals surface area (Å²) < 4.78 is 5.74. The summed E-state index contributed by atoms with van der Waals surface area (Å²) in [6.07, 6.45) is 2.25. The minimum absolute atomic E-state index is 0.219. The molecule has 1 N–H and O–H groups in total. The van der Waals surface area contributed by atoms with Crippen LogP contribution >= 0.6 is 0 Å². The number of ether oxygens (including phenoxy) is 1. The summed E-state index contributed by atoms with van der Waals surface area (Å²) in [5.41, 5.74) is 1.43. The fourth-order valence-electron chi connectivity index (χ4n) is 1.59. The summed E-state index contributed by atoms with van der Waals surface area (Å²) in [7, 11) is 0. The highest BCUT2D eigenvalue weighted by molar-refractivity contribution is 5.31. The van der Waals surface area contributed by atoms with E-state index in [9.17, 15) is 0 Å². The van der Waals surface area contributed by atoms with E-state index in [0.29, 0.717) is 0 Å². The molecule has 1 rings (SSSR count). The number of aryl methyl sites for hydroxylation is 1. The van der Waals surface area contributed by atoms with Gasteiger partial charge in [0.15, 0.2) is 0 Å². The maximum atomic E-state index is 5.74. The highest BCUT2D eigenvalue weighted by Crippen LogP contribution is 2.16. The topological polar surface area (TPSA) is 21.3 Å². The lowest BCUT2D eigenvalue weighted by atomic mass is 10.1. The molecule has 0 saturated carbocycles. The molecule has 0 atom stereocenters. The summed E-state index contributed by atoms with van der Waals surface area (Å²) in [6, 6.07) is 8.16. The van der Waals surface area contributed by atoms with Crippen molar-refractivity contribution in [1.82, 2.24) is 5.32 Å². The van der Waals surface area contributed by atoms with Gasteiger partial charge in [0.1, 0.15) is 5.75 Å². The molecule has 0 bridgehead atoms. The molecule has 1 aromatic rings. The minimum Gasteiger partial charge on any atom is -0.493 e. The second-order valence-electron chi connectivity index (χ2n) is 5.50. The van der Waals surface area contributed by atoms with Crippen molar-refractivity contribution in [3.05, 3.63) is 29.8 Å². The maximum absolute atomic E-state index is 5.74. The van der Waals surface area contributed by atoms with Gasteiger partial charge in [-0.3, -0.25) is 0 Å². The fraction of sp³-hybridized carbons (Fsp3) is 0.600. The molecule has 2 heteroatoms. The molecule has 0 unspecified atom stereocenters. The Bertz CT molecular complexity index is 328. The van der Waals surface area contributed by atoms with Gasteiger partial charge < -0.3 is 10.1 Å². The van der Waals surface area contributed by atoms with Crippen molar-refractivity contribution in [2.45, 2.75) is 46.1 Å². The molecule has 0 aliphatic carbocycles. The monoisotopic (exact) mass is 235 g/mol. The Balaban J connectivity index is 2.11.